The van der Waals surface area contributed by atoms with Gasteiger partial charge in [-0.05, 0) is 39.8 Å². The molecule has 0 saturated heterocycles. The number of hydrogen-bond acceptors (Lipinski definition) is 4. The van der Waals surface area contributed by atoms with E-state index >= 15 is 0 Å². The molecule has 2 heterocycles. The minimum Gasteiger partial charge on any atom is -0.394 e. The van der Waals surface area contributed by atoms with Gasteiger partial charge in [-0.3, -0.25) is 4.98 Å². The molecule has 0 aliphatic rings. The van der Waals surface area contributed by atoms with Crippen LogP contribution in [0.4, 0.5) is 11.5 Å². The highest BCUT2D eigenvalue weighted by Gasteiger charge is 2.14. The molecule has 5 heteroatoms. The average molecular weight is 259 g/mol. The molecule has 0 unspecified atom stereocenters. The molecule has 0 spiro atoms. The molecule has 102 valence electrons. The Bertz CT molecular complexity index is 571. The summed E-state index contributed by atoms with van der Waals surface area (Å²) in [7, 11) is 0. The monoisotopic (exact) mass is 259 g/mol. The number of anilines is 2. The number of pyridine rings is 1. The predicted molar refractivity (Wildman–Crippen MR) is 78.1 cm³/mol. The summed E-state index contributed by atoms with van der Waals surface area (Å²) in [6.45, 7) is 8.72. The number of hydrogen-bond donors (Lipinski definition) is 2. The third-order valence-corrected chi connectivity index (χ3v) is 3.00. The van der Waals surface area contributed by atoms with Gasteiger partial charge in [0, 0.05) is 11.7 Å². The number of rotatable bonds is 4. The smallest absolute Gasteiger partial charge is 0.148 e. The van der Waals surface area contributed by atoms with Gasteiger partial charge in [0.2, 0.25) is 0 Å². The van der Waals surface area contributed by atoms with E-state index in [0.29, 0.717) is 12.2 Å². The molecule has 0 radical (unpaired) electrons. The van der Waals surface area contributed by atoms with Crippen molar-refractivity contribution in [3.63, 3.8) is 0 Å². The highest BCUT2D eigenvalue weighted by Crippen LogP contribution is 2.25. The minimum atomic E-state index is 0.268. The van der Waals surface area contributed by atoms with Crippen molar-refractivity contribution in [3.8, 4) is 0 Å². The van der Waals surface area contributed by atoms with Gasteiger partial charge in [-0.2, -0.15) is 5.10 Å². The van der Waals surface area contributed by atoms with Gasteiger partial charge in [0.1, 0.15) is 5.82 Å². The van der Waals surface area contributed by atoms with Gasteiger partial charge in [-0.25, -0.2) is 4.68 Å². The van der Waals surface area contributed by atoms with Gasteiger partial charge in [0.05, 0.1) is 23.6 Å². The third kappa shape index (κ3) is 2.86. The fourth-order valence-corrected chi connectivity index (χ4v) is 1.98. The van der Waals surface area contributed by atoms with Crippen molar-refractivity contribution in [2.24, 2.45) is 0 Å². The van der Waals surface area contributed by atoms with E-state index in [4.69, 9.17) is 5.73 Å². The molecule has 0 atom stereocenters. The summed E-state index contributed by atoms with van der Waals surface area (Å²) < 4.78 is 1.92. The van der Waals surface area contributed by atoms with E-state index in [9.17, 15) is 0 Å². The van der Waals surface area contributed by atoms with Crippen LogP contribution in [0.25, 0.3) is 0 Å². The Labute approximate surface area is 113 Å². The van der Waals surface area contributed by atoms with Crippen molar-refractivity contribution in [2.75, 3.05) is 11.1 Å². The maximum atomic E-state index is 6.07. The van der Waals surface area contributed by atoms with Gasteiger partial charge in [-0.15, -0.1) is 0 Å². The van der Waals surface area contributed by atoms with Crippen LogP contribution in [-0.4, -0.2) is 14.8 Å². The average Bonchev–Trinajstić information content (AvgIpc) is 2.64. The van der Waals surface area contributed by atoms with E-state index in [1.54, 1.807) is 0 Å². The molecular weight excluding hydrogens is 238 g/mol. The fraction of sp³-hybridized carbons (Fsp3) is 0.429. The first-order valence-electron chi connectivity index (χ1n) is 6.50. The van der Waals surface area contributed by atoms with Crippen molar-refractivity contribution >= 4 is 11.5 Å². The lowest BCUT2D eigenvalue weighted by atomic mass is 10.3. The zero-order valence-corrected chi connectivity index (χ0v) is 11.9. The Morgan fingerprint density at radius 1 is 1.32 bits per heavy atom. The zero-order valence-electron chi connectivity index (χ0n) is 11.9. The van der Waals surface area contributed by atoms with Crippen LogP contribution < -0.4 is 11.1 Å². The van der Waals surface area contributed by atoms with Gasteiger partial charge in [0.15, 0.2) is 0 Å². The second-order valence-corrected chi connectivity index (χ2v) is 5.01. The Hall–Kier alpha value is -2.04. The summed E-state index contributed by atoms with van der Waals surface area (Å²) in [4.78, 5) is 4.47. The largest absolute Gasteiger partial charge is 0.394 e. The SMILES string of the molecule is Cc1cccc(CNc2c(N)c(C)nn2C(C)C)n1. The summed E-state index contributed by atoms with van der Waals surface area (Å²) in [6.07, 6.45) is 0. The lowest BCUT2D eigenvalue weighted by molar-refractivity contribution is 0.534. The topological polar surface area (TPSA) is 68.8 Å². The maximum Gasteiger partial charge on any atom is 0.148 e. The van der Waals surface area contributed by atoms with Gasteiger partial charge >= 0.3 is 0 Å². The molecule has 0 fully saturated rings. The number of nitrogens with one attached hydrogen (secondary N) is 1. The van der Waals surface area contributed by atoms with Crippen LogP contribution >= 0.6 is 0 Å². The van der Waals surface area contributed by atoms with Crippen molar-refractivity contribution in [3.05, 3.63) is 35.3 Å². The molecule has 2 aromatic heterocycles. The molecule has 2 rings (SSSR count). The second kappa shape index (κ2) is 5.30. The molecule has 2 aromatic rings. The minimum absolute atomic E-state index is 0.268. The Morgan fingerprint density at radius 2 is 2.05 bits per heavy atom. The third-order valence-electron chi connectivity index (χ3n) is 3.00. The quantitative estimate of drug-likeness (QED) is 0.885. The summed E-state index contributed by atoms with van der Waals surface area (Å²) >= 11 is 0. The van der Waals surface area contributed by atoms with E-state index in [-0.39, 0.29) is 6.04 Å². The molecule has 3 N–H and O–H groups in total. The van der Waals surface area contributed by atoms with Crippen LogP contribution in [0.3, 0.4) is 0 Å². The van der Waals surface area contributed by atoms with E-state index in [1.165, 1.54) is 0 Å². The van der Waals surface area contributed by atoms with Crippen molar-refractivity contribution in [1.29, 1.82) is 0 Å². The highest BCUT2D eigenvalue weighted by atomic mass is 15.4. The highest BCUT2D eigenvalue weighted by molar-refractivity contribution is 5.64. The maximum absolute atomic E-state index is 6.07. The van der Waals surface area contributed by atoms with Crippen molar-refractivity contribution in [1.82, 2.24) is 14.8 Å². The van der Waals surface area contributed by atoms with Crippen molar-refractivity contribution < 1.29 is 0 Å². The first-order chi connectivity index (χ1) is 8.99. The molecule has 5 nitrogen and oxygen atoms in total. The van der Waals surface area contributed by atoms with E-state index < -0.39 is 0 Å². The zero-order chi connectivity index (χ0) is 14.0. The van der Waals surface area contributed by atoms with Crippen LogP contribution in [0.5, 0.6) is 0 Å². The van der Waals surface area contributed by atoms with Crippen LogP contribution in [0, 0.1) is 13.8 Å². The van der Waals surface area contributed by atoms with Crippen LogP contribution in [0.2, 0.25) is 0 Å². The standard InChI is InChI=1S/C14H21N5/c1-9(2)19-14(13(15)11(4)18-19)16-8-12-7-5-6-10(3)17-12/h5-7,9,16H,8,15H2,1-4H3. The van der Waals surface area contributed by atoms with E-state index in [2.05, 4.69) is 29.2 Å². The number of aryl methyl sites for hydroxylation is 2. The van der Waals surface area contributed by atoms with Crippen LogP contribution in [0.15, 0.2) is 18.2 Å². The fourth-order valence-electron chi connectivity index (χ4n) is 1.98. The summed E-state index contributed by atoms with van der Waals surface area (Å²) in [6, 6.07) is 6.26. The Balaban J connectivity index is 2.19. The molecule has 0 aromatic carbocycles. The lowest BCUT2D eigenvalue weighted by Crippen LogP contribution is -2.11. The molecule has 0 aliphatic heterocycles. The molecular formula is C14H21N5. The Kier molecular flexibility index (Phi) is 3.74. The molecule has 0 saturated carbocycles. The van der Waals surface area contributed by atoms with Crippen LogP contribution in [-0.2, 0) is 6.54 Å². The van der Waals surface area contributed by atoms with Crippen LogP contribution in [0.1, 0.15) is 37.0 Å². The summed E-state index contributed by atoms with van der Waals surface area (Å²) in [5.74, 6) is 0.871. The van der Waals surface area contributed by atoms with Gasteiger partial charge in [-0.1, -0.05) is 6.07 Å². The molecule has 0 bridgehead atoms. The number of nitrogen functional groups attached to an aromatic ring is 1. The lowest BCUT2D eigenvalue weighted by Gasteiger charge is -2.13. The van der Waals surface area contributed by atoms with Gasteiger partial charge in [0.25, 0.3) is 0 Å². The normalized spacial score (nSPS) is 11.0. The van der Waals surface area contributed by atoms with E-state index in [1.807, 2.05) is 36.7 Å². The number of aromatic nitrogens is 3. The summed E-state index contributed by atoms with van der Waals surface area (Å²) in [5.41, 5.74) is 9.64. The van der Waals surface area contributed by atoms with E-state index in [0.717, 1.165) is 22.9 Å². The first kappa shape index (κ1) is 13.4. The molecule has 0 amide bonds. The molecule has 0 aliphatic carbocycles. The van der Waals surface area contributed by atoms with Crippen molar-refractivity contribution in [2.45, 2.75) is 40.3 Å². The summed E-state index contributed by atoms with van der Waals surface area (Å²) in [5, 5.41) is 7.79. The number of nitrogens with two attached hydrogens (primary N) is 1. The second-order valence-electron chi connectivity index (χ2n) is 5.01. The Morgan fingerprint density at radius 3 is 2.68 bits per heavy atom. The van der Waals surface area contributed by atoms with Gasteiger partial charge < -0.3 is 11.1 Å². The predicted octanol–water partition coefficient (Wildman–Crippen LogP) is 2.67. The molecule has 19 heavy (non-hydrogen) atoms. The number of nitrogens with zero attached hydrogens (tertiary/aromatic N) is 3. The first-order valence-corrected chi connectivity index (χ1v) is 6.50.